The average Bonchev–Trinajstić information content (AvgIpc) is 2.60. The van der Waals surface area contributed by atoms with Crippen LogP contribution in [-0.4, -0.2) is 23.0 Å². The number of furan rings is 1. The monoisotopic (exact) mass is 208 g/mol. The number of ether oxygens (including phenoxy) is 1. The van der Waals surface area contributed by atoms with Crippen LogP contribution in [0.4, 0.5) is 11.8 Å². The molecule has 0 radical (unpaired) electrons. The van der Waals surface area contributed by atoms with Gasteiger partial charge < -0.3 is 20.6 Å². The second-order valence-corrected chi connectivity index (χ2v) is 2.79. The van der Waals surface area contributed by atoms with Gasteiger partial charge in [0.05, 0.1) is 12.5 Å². The van der Waals surface area contributed by atoms with Gasteiger partial charge in [-0.3, -0.25) is 0 Å². The Kier molecular flexibility index (Phi) is 1.93. The van der Waals surface area contributed by atoms with Crippen molar-refractivity contribution >= 4 is 28.8 Å². The number of aromatic nitrogens is 2. The molecule has 0 saturated carbocycles. The van der Waals surface area contributed by atoms with Crippen LogP contribution in [0.3, 0.4) is 0 Å². The molecule has 0 aromatic carbocycles. The second kappa shape index (κ2) is 3.12. The lowest BCUT2D eigenvalue weighted by molar-refractivity contribution is 0.0567. The van der Waals surface area contributed by atoms with E-state index in [1.54, 1.807) is 0 Å². The van der Waals surface area contributed by atoms with Gasteiger partial charge in [0.15, 0.2) is 0 Å². The Morgan fingerprint density at radius 1 is 1.47 bits per heavy atom. The van der Waals surface area contributed by atoms with Crippen molar-refractivity contribution in [3.8, 4) is 0 Å². The molecule has 7 heteroatoms. The average molecular weight is 208 g/mol. The zero-order valence-electron chi connectivity index (χ0n) is 7.85. The molecule has 2 aromatic heterocycles. The number of carbonyl (C=O) groups is 1. The van der Waals surface area contributed by atoms with Gasteiger partial charge in [-0.1, -0.05) is 0 Å². The summed E-state index contributed by atoms with van der Waals surface area (Å²) in [4.78, 5) is 18.7. The number of carbonyl (C=O) groups excluding carboxylic acids is 1. The molecule has 2 aromatic rings. The van der Waals surface area contributed by atoms with Crippen LogP contribution >= 0.6 is 0 Å². The zero-order chi connectivity index (χ0) is 11.0. The summed E-state index contributed by atoms with van der Waals surface area (Å²) in [6, 6.07) is 1.41. The van der Waals surface area contributed by atoms with Crippen LogP contribution in [0, 0.1) is 0 Å². The fraction of sp³-hybridized carbons (Fsp3) is 0.125. The maximum Gasteiger partial charge on any atom is 0.374 e. The summed E-state index contributed by atoms with van der Waals surface area (Å²) in [6.45, 7) is 0. The van der Waals surface area contributed by atoms with E-state index in [0.717, 1.165) is 0 Å². The van der Waals surface area contributed by atoms with Gasteiger partial charge in [-0.2, -0.15) is 9.97 Å². The predicted octanol–water partition coefficient (Wildman–Crippen LogP) is 0.174. The molecule has 15 heavy (non-hydrogen) atoms. The minimum absolute atomic E-state index is 0.00855. The van der Waals surface area contributed by atoms with E-state index in [0.29, 0.717) is 5.39 Å². The maximum atomic E-state index is 11.1. The molecule has 0 amide bonds. The van der Waals surface area contributed by atoms with Gasteiger partial charge in [-0.15, -0.1) is 0 Å². The molecule has 0 aliphatic rings. The number of esters is 1. The molecule has 78 valence electrons. The maximum absolute atomic E-state index is 11.1. The Labute approximate surface area is 84.0 Å². The number of nitrogen functional groups attached to an aromatic ring is 2. The van der Waals surface area contributed by atoms with Crippen LogP contribution in [0.1, 0.15) is 10.6 Å². The van der Waals surface area contributed by atoms with Crippen molar-refractivity contribution in [3.63, 3.8) is 0 Å². The van der Waals surface area contributed by atoms with Crippen LogP contribution < -0.4 is 11.5 Å². The molecule has 0 bridgehead atoms. The first-order chi connectivity index (χ1) is 7.11. The standard InChI is InChI=1S/C8H8N4O3/c1-14-7(13)4-2-3-5(9)11-8(10)12-6(3)15-4/h2H,1H3,(H4,9,10,11,12). The summed E-state index contributed by atoms with van der Waals surface area (Å²) in [5.74, 6) is -0.438. The van der Waals surface area contributed by atoms with E-state index in [9.17, 15) is 4.79 Å². The first-order valence-corrected chi connectivity index (χ1v) is 4.02. The summed E-state index contributed by atoms with van der Waals surface area (Å²) < 4.78 is 9.58. The van der Waals surface area contributed by atoms with Gasteiger partial charge in [0.25, 0.3) is 0 Å². The minimum atomic E-state index is -0.606. The molecule has 0 aliphatic heterocycles. The highest BCUT2D eigenvalue weighted by molar-refractivity contribution is 5.95. The summed E-state index contributed by atoms with van der Waals surface area (Å²) >= 11 is 0. The Morgan fingerprint density at radius 3 is 2.87 bits per heavy atom. The number of rotatable bonds is 1. The predicted molar refractivity (Wildman–Crippen MR) is 52.0 cm³/mol. The largest absolute Gasteiger partial charge is 0.463 e. The highest BCUT2D eigenvalue weighted by atomic mass is 16.5. The molecule has 0 fully saturated rings. The molecule has 0 atom stereocenters. The van der Waals surface area contributed by atoms with Crippen molar-refractivity contribution in [2.24, 2.45) is 0 Å². The molecule has 0 saturated heterocycles. The molecule has 7 nitrogen and oxygen atoms in total. The van der Waals surface area contributed by atoms with Crippen molar-refractivity contribution in [1.29, 1.82) is 0 Å². The Hall–Kier alpha value is -2.31. The van der Waals surface area contributed by atoms with Crippen molar-refractivity contribution in [2.45, 2.75) is 0 Å². The minimum Gasteiger partial charge on any atom is -0.463 e. The Morgan fingerprint density at radius 2 is 2.20 bits per heavy atom. The lowest BCUT2D eigenvalue weighted by Gasteiger charge is -1.94. The number of nitrogens with zero attached hydrogens (tertiary/aromatic N) is 2. The number of methoxy groups -OCH3 is 1. The van der Waals surface area contributed by atoms with Crippen molar-refractivity contribution in [3.05, 3.63) is 11.8 Å². The van der Waals surface area contributed by atoms with Gasteiger partial charge in [-0.05, 0) is 0 Å². The van der Waals surface area contributed by atoms with E-state index in [1.165, 1.54) is 13.2 Å². The summed E-state index contributed by atoms with van der Waals surface area (Å²) in [5, 5.41) is 0.435. The van der Waals surface area contributed by atoms with E-state index >= 15 is 0 Å². The topological polar surface area (TPSA) is 117 Å². The van der Waals surface area contributed by atoms with Crippen molar-refractivity contribution in [2.75, 3.05) is 18.6 Å². The molecular formula is C8H8N4O3. The van der Waals surface area contributed by atoms with E-state index in [2.05, 4.69) is 14.7 Å². The van der Waals surface area contributed by atoms with Crippen LogP contribution in [0.2, 0.25) is 0 Å². The van der Waals surface area contributed by atoms with Gasteiger partial charge >= 0.3 is 5.97 Å². The van der Waals surface area contributed by atoms with E-state index in [4.69, 9.17) is 15.9 Å². The smallest absolute Gasteiger partial charge is 0.374 e. The first-order valence-electron chi connectivity index (χ1n) is 4.02. The Bertz CT molecular complexity index is 534. The lowest BCUT2D eigenvalue weighted by Crippen LogP contribution is -1.98. The molecular weight excluding hydrogens is 200 g/mol. The summed E-state index contributed by atoms with van der Waals surface area (Å²) in [5.41, 5.74) is 11.1. The molecule has 4 N–H and O–H groups in total. The summed E-state index contributed by atoms with van der Waals surface area (Å²) in [6.07, 6.45) is 0. The molecule has 2 heterocycles. The van der Waals surface area contributed by atoms with Crippen LogP contribution in [0.5, 0.6) is 0 Å². The second-order valence-electron chi connectivity index (χ2n) is 2.79. The Balaban J connectivity index is 2.65. The lowest BCUT2D eigenvalue weighted by atomic mass is 10.3. The molecule has 0 aliphatic carbocycles. The van der Waals surface area contributed by atoms with Crippen molar-refractivity contribution < 1.29 is 13.9 Å². The van der Waals surface area contributed by atoms with Gasteiger partial charge in [-0.25, -0.2) is 4.79 Å². The number of nitrogens with two attached hydrogens (primary N) is 2. The quantitative estimate of drug-likeness (QED) is 0.641. The highest BCUT2D eigenvalue weighted by Gasteiger charge is 2.15. The highest BCUT2D eigenvalue weighted by Crippen LogP contribution is 2.22. The fourth-order valence-corrected chi connectivity index (χ4v) is 1.16. The first kappa shape index (κ1) is 9.25. The van der Waals surface area contributed by atoms with Crippen LogP contribution in [-0.2, 0) is 4.74 Å². The van der Waals surface area contributed by atoms with Crippen LogP contribution in [0.25, 0.3) is 11.1 Å². The van der Waals surface area contributed by atoms with Gasteiger partial charge in [0.2, 0.25) is 17.4 Å². The third-order valence-electron chi connectivity index (χ3n) is 1.83. The van der Waals surface area contributed by atoms with Crippen molar-refractivity contribution in [1.82, 2.24) is 9.97 Å². The van der Waals surface area contributed by atoms with E-state index < -0.39 is 5.97 Å². The number of anilines is 2. The normalized spacial score (nSPS) is 10.5. The van der Waals surface area contributed by atoms with Crippen LogP contribution in [0.15, 0.2) is 10.5 Å². The van der Waals surface area contributed by atoms with E-state index in [1.807, 2.05) is 0 Å². The summed E-state index contributed by atoms with van der Waals surface area (Å²) in [7, 11) is 1.25. The van der Waals surface area contributed by atoms with Gasteiger partial charge in [0.1, 0.15) is 5.82 Å². The number of fused-ring (bicyclic) bond motifs is 1. The zero-order valence-corrected chi connectivity index (χ0v) is 7.85. The third kappa shape index (κ3) is 1.43. The number of hydrogen-bond acceptors (Lipinski definition) is 7. The third-order valence-corrected chi connectivity index (χ3v) is 1.83. The molecule has 0 unspecified atom stereocenters. The molecule has 0 spiro atoms. The van der Waals surface area contributed by atoms with Gasteiger partial charge in [0, 0.05) is 6.07 Å². The molecule has 2 rings (SSSR count). The number of hydrogen-bond donors (Lipinski definition) is 2. The van der Waals surface area contributed by atoms with E-state index in [-0.39, 0.29) is 23.2 Å². The SMILES string of the molecule is COC(=O)c1cc2c(N)nc(N)nc2o1. The fourth-order valence-electron chi connectivity index (χ4n) is 1.16.